The summed E-state index contributed by atoms with van der Waals surface area (Å²) < 4.78 is 16.9. The SMILES string of the molecule is O=C(CCC1CCN(C(=O)[C@@H]2Cc3ccccc3O2)CC1)Nc1ccc2c(c1)OCCO2. The van der Waals surface area contributed by atoms with E-state index >= 15 is 0 Å². The van der Waals surface area contributed by atoms with Crippen LogP contribution in [0, 0.1) is 5.92 Å². The number of ether oxygens (including phenoxy) is 3. The predicted molar refractivity (Wildman–Crippen MR) is 119 cm³/mol. The van der Waals surface area contributed by atoms with Crippen LogP contribution >= 0.6 is 0 Å². The molecule has 0 bridgehead atoms. The first-order valence-corrected chi connectivity index (χ1v) is 11.4. The van der Waals surface area contributed by atoms with E-state index in [0.29, 0.717) is 43.5 Å². The summed E-state index contributed by atoms with van der Waals surface area (Å²) in [5.74, 6) is 2.73. The fraction of sp³-hybridized carbons (Fsp3) is 0.440. The van der Waals surface area contributed by atoms with Crippen LogP contribution in [-0.4, -0.2) is 49.1 Å². The Morgan fingerprint density at radius 2 is 1.75 bits per heavy atom. The fourth-order valence-corrected chi connectivity index (χ4v) is 4.65. The lowest BCUT2D eigenvalue weighted by Gasteiger charge is -2.33. The molecule has 3 aliphatic heterocycles. The van der Waals surface area contributed by atoms with Gasteiger partial charge in [-0.2, -0.15) is 0 Å². The Labute approximate surface area is 187 Å². The van der Waals surface area contributed by atoms with Gasteiger partial charge in [0.15, 0.2) is 17.6 Å². The van der Waals surface area contributed by atoms with E-state index in [4.69, 9.17) is 14.2 Å². The van der Waals surface area contributed by atoms with Gasteiger partial charge in [-0.05, 0) is 48.9 Å². The highest BCUT2D eigenvalue weighted by molar-refractivity contribution is 5.91. The Morgan fingerprint density at radius 1 is 0.969 bits per heavy atom. The average molecular weight is 437 g/mol. The molecule has 2 amide bonds. The fourth-order valence-electron chi connectivity index (χ4n) is 4.65. The molecular formula is C25H28N2O5. The van der Waals surface area contributed by atoms with Crippen LogP contribution in [-0.2, 0) is 16.0 Å². The standard InChI is InChI=1S/C25H28N2O5/c28-24(26-19-6-7-21-22(16-19)31-14-13-30-21)8-5-17-9-11-27(12-10-17)25(29)23-15-18-3-1-2-4-20(18)32-23/h1-4,6-7,16-17,23H,5,8-15H2,(H,26,28)/t23-/m0/s1. The monoisotopic (exact) mass is 436 g/mol. The maximum absolute atomic E-state index is 12.9. The number of hydrogen-bond donors (Lipinski definition) is 1. The number of rotatable bonds is 5. The van der Waals surface area contributed by atoms with E-state index in [1.165, 1.54) is 0 Å². The van der Waals surface area contributed by atoms with Gasteiger partial charge in [0.05, 0.1) is 0 Å². The first-order chi connectivity index (χ1) is 15.7. The van der Waals surface area contributed by atoms with Gasteiger partial charge in [0.1, 0.15) is 19.0 Å². The van der Waals surface area contributed by atoms with E-state index in [-0.39, 0.29) is 11.8 Å². The molecule has 3 aliphatic rings. The lowest BCUT2D eigenvalue weighted by Crippen LogP contribution is -2.45. The number of likely N-dealkylation sites (tertiary alicyclic amines) is 1. The molecule has 32 heavy (non-hydrogen) atoms. The van der Waals surface area contributed by atoms with E-state index < -0.39 is 6.10 Å². The Kier molecular flexibility index (Phi) is 5.88. The first kappa shape index (κ1) is 20.7. The number of hydrogen-bond acceptors (Lipinski definition) is 5. The van der Waals surface area contributed by atoms with Gasteiger partial charge in [0.25, 0.3) is 5.91 Å². The van der Waals surface area contributed by atoms with Crippen molar-refractivity contribution in [3.8, 4) is 17.2 Å². The zero-order chi connectivity index (χ0) is 21.9. The minimum absolute atomic E-state index is 0.00250. The number of para-hydroxylation sites is 1. The number of nitrogens with one attached hydrogen (secondary N) is 1. The van der Waals surface area contributed by atoms with Crippen molar-refractivity contribution in [3.63, 3.8) is 0 Å². The molecule has 0 radical (unpaired) electrons. The maximum Gasteiger partial charge on any atom is 0.263 e. The minimum Gasteiger partial charge on any atom is -0.486 e. The molecule has 0 aromatic heterocycles. The summed E-state index contributed by atoms with van der Waals surface area (Å²) in [4.78, 5) is 27.2. The van der Waals surface area contributed by atoms with Gasteiger partial charge < -0.3 is 24.4 Å². The number of carbonyl (C=O) groups excluding carboxylic acids is 2. The second-order valence-corrected chi connectivity index (χ2v) is 8.63. The van der Waals surface area contributed by atoms with E-state index in [1.807, 2.05) is 41.3 Å². The Bertz CT molecular complexity index is 975. The third-order valence-electron chi connectivity index (χ3n) is 6.45. The van der Waals surface area contributed by atoms with Crippen molar-refractivity contribution in [1.29, 1.82) is 0 Å². The molecule has 5 rings (SSSR count). The number of amides is 2. The van der Waals surface area contributed by atoms with Crippen LogP contribution in [0.3, 0.4) is 0 Å². The van der Waals surface area contributed by atoms with Crippen molar-refractivity contribution in [2.45, 2.75) is 38.2 Å². The van der Waals surface area contributed by atoms with Crippen molar-refractivity contribution in [3.05, 3.63) is 48.0 Å². The van der Waals surface area contributed by atoms with Crippen LogP contribution in [0.4, 0.5) is 5.69 Å². The van der Waals surface area contributed by atoms with E-state index in [9.17, 15) is 9.59 Å². The second kappa shape index (κ2) is 9.10. The molecule has 0 aliphatic carbocycles. The molecule has 2 aromatic carbocycles. The van der Waals surface area contributed by atoms with E-state index in [2.05, 4.69) is 5.32 Å². The number of carbonyl (C=O) groups is 2. The number of piperidine rings is 1. The molecular weight excluding hydrogens is 408 g/mol. The maximum atomic E-state index is 12.9. The molecule has 1 fully saturated rings. The van der Waals surface area contributed by atoms with Crippen LogP contribution in [0.25, 0.3) is 0 Å². The lowest BCUT2D eigenvalue weighted by molar-refractivity contribution is -0.139. The smallest absolute Gasteiger partial charge is 0.263 e. The topological polar surface area (TPSA) is 77.1 Å². The lowest BCUT2D eigenvalue weighted by atomic mass is 9.91. The predicted octanol–water partition coefficient (Wildman–Crippen LogP) is 3.42. The summed E-state index contributed by atoms with van der Waals surface area (Å²) in [7, 11) is 0. The van der Waals surface area contributed by atoms with Gasteiger partial charge in [-0.1, -0.05) is 18.2 Å². The van der Waals surface area contributed by atoms with Crippen LogP contribution in [0.5, 0.6) is 17.2 Å². The molecule has 1 N–H and O–H groups in total. The zero-order valence-electron chi connectivity index (χ0n) is 18.0. The zero-order valence-corrected chi connectivity index (χ0v) is 18.0. The molecule has 1 saturated heterocycles. The van der Waals surface area contributed by atoms with Crippen LogP contribution < -0.4 is 19.5 Å². The van der Waals surface area contributed by atoms with Gasteiger partial charge in [0.2, 0.25) is 5.91 Å². The van der Waals surface area contributed by atoms with Crippen molar-refractivity contribution in [2.24, 2.45) is 5.92 Å². The first-order valence-electron chi connectivity index (χ1n) is 11.4. The number of fused-ring (bicyclic) bond motifs is 2. The Morgan fingerprint density at radius 3 is 2.56 bits per heavy atom. The highest BCUT2D eigenvalue weighted by Crippen LogP contribution is 2.33. The van der Waals surface area contributed by atoms with E-state index in [1.54, 1.807) is 6.07 Å². The minimum atomic E-state index is -0.402. The summed E-state index contributed by atoms with van der Waals surface area (Å²) >= 11 is 0. The van der Waals surface area contributed by atoms with Gasteiger partial charge >= 0.3 is 0 Å². The summed E-state index contributed by atoms with van der Waals surface area (Å²) in [6.45, 7) is 2.52. The molecule has 0 unspecified atom stereocenters. The Balaban J connectivity index is 1.05. The molecule has 0 saturated carbocycles. The summed E-state index contributed by atoms with van der Waals surface area (Å²) in [6.07, 6.45) is 3.37. The largest absolute Gasteiger partial charge is 0.486 e. The molecule has 7 nitrogen and oxygen atoms in total. The summed E-state index contributed by atoms with van der Waals surface area (Å²) in [5, 5.41) is 2.95. The highest BCUT2D eigenvalue weighted by Gasteiger charge is 2.34. The van der Waals surface area contributed by atoms with Crippen molar-refractivity contribution in [2.75, 3.05) is 31.6 Å². The number of nitrogens with zero attached hydrogens (tertiary/aromatic N) is 1. The van der Waals surface area contributed by atoms with Crippen LogP contribution in [0.15, 0.2) is 42.5 Å². The van der Waals surface area contributed by atoms with E-state index in [0.717, 1.165) is 49.4 Å². The third kappa shape index (κ3) is 4.52. The normalized spacial score (nSPS) is 19.8. The quantitative estimate of drug-likeness (QED) is 0.777. The highest BCUT2D eigenvalue weighted by atomic mass is 16.6. The van der Waals surface area contributed by atoms with Gasteiger partial charge in [-0.3, -0.25) is 9.59 Å². The number of anilines is 1. The van der Waals surface area contributed by atoms with Crippen LogP contribution in [0.1, 0.15) is 31.2 Å². The third-order valence-corrected chi connectivity index (χ3v) is 6.45. The van der Waals surface area contributed by atoms with Crippen molar-refractivity contribution < 1.29 is 23.8 Å². The molecule has 168 valence electrons. The van der Waals surface area contributed by atoms with Gasteiger partial charge in [-0.15, -0.1) is 0 Å². The molecule has 7 heteroatoms. The Hall–Kier alpha value is -3.22. The van der Waals surface area contributed by atoms with Crippen molar-refractivity contribution >= 4 is 17.5 Å². The second-order valence-electron chi connectivity index (χ2n) is 8.63. The molecule has 2 aromatic rings. The van der Waals surface area contributed by atoms with Crippen molar-refractivity contribution in [1.82, 2.24) is 4.90 Å². The summed E-state index contributed by atoms with van der Waals surface area (Å²) in [6, 6.07) is 13.3. The van der Waals surface area contributed by atoms with Crippen LogP contribution in [0.2, 0.25) is 0 Å². The number of benzene rings is 2. The molecule has 1 atom stereocenters. The van der Waals surface area contributed by atoms with Gasteiger partial charge in [-0.25, -0.2) is 0 Å². The summed E-state index contributed by atoms with van der Waals surface area (Å²) in [5.41, 5.74) is 1.82. The molecule has 3 heterocycles. The molecule has 0 spiro atoms. The average Bonchev–Trinajstić information content (AvgIpc) is 3.27. The van der Waals surface area contributed by atoms with Gasteiger partial charge in [0, 0.05) is 37.7 Å².